The zero-order valence-corrected chi connectivity index (χ0v) is 10.4. The molecular weight excluding hydrogens is 278 g/mol. The van der Waals surface area contributed by atoms with Gasteiger partial charge in [-0.1, -0.05) is 0 Å². The number of nitrogens with two attached hydrogens (primary N) is 1. The van der Waals surface area contributed by atoms with Gasteiger partial charge >= 0.3 is 6.18 Å². The molecular formula is C12H13F4N3O. The molecule has 8 heteroatoms. The van der Waals surface area contributed by atoms with Crippen LogP contribution in [-0.4, -0.2) is 40.6 Å². The number of aromatic nitrogens is 1. The molecule has 2 N–H and O–H groups in total. The Morgan fingerprint density at radius 1 is 1.35 bits per heavy atom. The Morgan fingerprint density at radius 2 is 2.05 bits per heavy atom. The summed E-state index contributed by atoms with van der Waals surface area (Å²) in [5.74, 6) is -1.69. The maximum absolute atomic E-state index is 13.0. The number of hydrogen-bond donors (Lipinski definition) is 1. The second-order valence-corrected chi connectivity index (χ2v) is 4.74. The van der Waals surface area contributed by atoms with E-state index >= 15 is 0 Å². The van der Waals surface area contributed by atoms with E-state index in [2.05, 4.69) is 4.98 Å². The molecule has 20 heavy (non-hydrogen) atoms. The first kappa shape index (κ1) is 14.7. The van der Waals surface area contributed by atoms with Gasteiger partial charge in [-0.2, -0.15) is 13.2 Å². The van der Waals surface area contributed by atoms with E-state index in [-0.39, 0.29) is 24.9 Å². The third-order valence-corrected chi connectivity index (χ3v) is 3.21. The van der Waals surface area contributed by atoms with E-state index in [4.69, 9.17) is 5.73 Å². The van der Waals surface area contributed by atoms with Crippen molar-refractivity contribution in [1.29, 1.82) is 0 Å². The molecule has 2 heterocycles. The van der Waals surface area contributed by atoms with Gasteiger partial charge in [-0.05, 0) is 18.9 Å². The average Bonchev–Trinajstić information content (AvgIpc) is 2.36. The number of nitrogens with zero attached hydrogens (tertiary/aromatic N) is 2. The monoisotopic (exact) mass is 291 g/mol. The lowest BCUT2D eigenvalue weighted by molar-refractivity contribution is -0.184. The summed E-state index contributed by atoms with van der Waals surface area (Å²) < 4.78 is 51.9. The van der Waals surface area contributed by atoms with Gasteiger partial charge in [-0.25, -0.2) is 4.39 Å². The molecule has 1 aromatic rings. The lowest BCUT2D eigenvalue weighted by Gasteiger charge is -2.39. The molecule has 0 spiro atoms. The van der Waals surface area contributed by atoms with Gasteiger partial charge in [0.05, 0.1) is 11.8 Å². The summed E-state index contributed by atoms with van der Waals surface area (Å²) in [5.41, 5.74) is 5.41. The number of carbonyl (C=O) groups is 1. The first-order chi connectivity index (χ1) is 9.29. The zero-order chi connectivity index (χ0) is 14.9. The molecule has 1 aliphatic rings. The smallest absolute Gasteiger partial charge is 0.326 e. The second-order valence-electron chi connectivity index (χ2n) is 4.74. The number of rotatable bonds is 1. The highest BCUT2D eigenvalue weighted by molar-refractivity contribution is 5.94. The third kappa shape index (κ3) is 3.06. The van der Waals surface area contributed by atoms with Crippen LogP contribution in [0.15, 0.2) is 18.5 Å². The van der Waals surface area contributed by atoms with E-state index in [1.54, 1.807) is 0 Å². The van der Waals surface area contributed by atoms with Crippen LogP contribution in [0.3, 0.4) is 0 Å². The van der Waals surface area contributed by atoms with Crippen molar-refractivity contribution in [3.8, 4) is 0 Å². The SMILES string of the molecule is NC1CCC(C(F)(F)F)N(C(=O)c2cncc(F)c2)C1. The van der Waals surface area contributed by atoms with Crippen LogP contribution in [0.5, 0.6) is 0 Å². The third-order valence-electron chi connectivity index (χ3n) is 3.21. The molecule has 2 atom stereocenters. The standard InChI is InChI=1S/C12H13F4N3O/c13-8-3-7(4-18-5-8)11(20)19-6-9(17)1-2-10(19)12(14,15)16/h3-5,9-10H,1-2,6,17H2. The van der Waals surface area contributed by atoms with Crippen LogP contribution in [0.2, 0.25) is 0 Å². The molecule has 110 valence electrons. The number of amides is 1. The van der Waals surface area contributed by atoms with E-state index in [1.165, 1.54) is 0 Å². The Kier molecular flexibility index (Phi) is 3.94. The minimum atomic E-state index is -4.53. The summed E-state index contributed by atoms with van der Waals surface area (Å²) in [7, 11) is 0. The predicted octanol–water partition coefficient (Wildman–Crippen LogP) is 1.71. The molecule has 0 aliphatic carbocycles. The lowest BCUT2D eigenvalue weighted by Crippen LogP contribution is -2.56. The zero-order valence-electron chi connectivity index (χ0n) is 10.4. The van der Waals surface area contributed by atoms with E-state index in [1.807, 2.05) is 0 Å². The van der Waals surface area contributed by atoms with Crippen molar-refractivity contribution in [2.45, 2.75) is 31.1 Å². The first-order valence-electron chi connectivity index (χ1n) is 6.03. The Hall–Kier alpha value is -1.70. The van der Waals surface area contributed by atoms with Crippen LogP contribution >= 0.6 is 0 Å². The van der Waals surface area contributed by atoms with Crippen LogP contribution in [0.25, 0.3) is 0 Å². The van der Waals surface area contributed by atoms with Crippen LogP contribution in [0.1, 0.15) is 23.2 Å². The molecule has 1 aromatic heterocycles. The molecule has 1 fully saturated rings. The summed E-state index contributed by atoms with van der Waals surface area (Å²) in [6.07, 6.45) is -2.68. The summed E-state index contributed by atoms with van der Waals surface area (Å²) >= 11 is 0. The number of pyridine rings is 1. The van der Waals surface area contributed by atoms with Crippen molar-refractivity contribution in [1.82, 2.24) is 9.88 Å². The topological polar surface area (TPSA) is 59.2 Å². The fourth-order valence-electron chi connectivity index (χ4n) is 2.26. The number of alkyl halides is 3. The minimum Gasteiger partial charge on any atom is -0.326 e. The quantitative estimate of drug-likeness (QED) is 0.801. The van der Waals surface area contributed by atoms with Gasteiger partial charge in [0.15, 0.2) is 0 Å². The van der Waals surface area contributed by atoms with Gasteiger partial charge in [-0.15, -0.1) is 0 Å². The molecule has 1 aliphatic heterocycles. The van der Waals surface area contributed by atoms with Gasteiger partial charge < -0.3 is 10.6 Å². The highest BCUT2D eigenvalue weighted by Crippen LogP contribution is 2.32. The number of hydrogen-bond acceptors (Lipinski definition) is 3. The van der Waals surface area contributed by atoms with E-state index in [0.29, 0.717) is 4.90 Å². The van der Waals surface area contributed by atoms with Crippen molar-refractivity contribution in [3.63, 3.8) is 0 Å². The Labute approximate surface area is 112 Å². The summed E-state index contributed by atoms with van der Waals surface area (Å²) in [5, 5.41) is 0. The Bertz CT molecular complexity index is 506. The number of likely N-dealkylation sites (tertiary alicyclic amines) is 1. The maximum Gasteiger partial charge on any atom is 0.408 e. The number of piperidine rings is 1. The van der Waals surface area contributed by atoms with Crippen molar-refractivity contribution >= 4 is 5.91 Å². The van der Waals surface area contributed by atoms with Crippen LogP contribution in [-0.2, 0) is 0 Å². The highest BCUT2D eigenvalue weighted by Gasteiger charge is 2.47. The van der Waals surface area contributed by atoms with Crippen LogP contribution < -0.4 is 5.73 Å². The highest BCUT2D eigenvalue weighted by atomic mass is 19.4. The normalized spacial score (nSPS) is 23.8. The largest absolute Gasteiger partial charge is 0.408 e. The van der Waals surface area contributed by atoms with Gasteiger partial charge in [0.1, 0.15) is 11.9 Å². The summed E-state index contributed by atoms with van der Waals surface area (Å²) in [4.78, 5) is 16.2. The van der Waals surface area contributed by atoms with E-state index < -0.39 is 30.0 Å². The molecule has 1 amide bonds. The van der Waals surface area contributed by atoms with Crippen LogP contribution in [0, 0.1) is 5.82 Å². The van der Waals surface area contributed by atoms with Gasteiger partial charge in [-0.3, -0.25) is 9.78 Å². The lowest BCUT2D eigenvalue weighted by atomic mass is 9.97. The van der Waals surface area contributed by atoms with Gasteiger partial charge in [0.2, 0.25) is 0 Å². The van der Waals surface area contributed by atoms with Crippen molar-refractivity contribution in [3.05, 3.63) is 29.8 Å². The van der Waals surface area contributed by atoms with Crippen molar-refractivity contribution in [2.75, 3.05) is 6.54 Å². The van der Waals surface area contributed by atoms with Crippen LogP contribution in [0.4, 0.5) is 17.6 Å². The average molecular weight is 291 g/mol. The molecule has 0 aromatic carbocycles. The molecule has 1 saturated heterocycles. The fraction of sp³-hybridized carbons (Fsp3) is 0.500. The molecule has 4 nitrogen and oxygen atoms in total. The molecule has 0 bridgehead atoms. The maximum atomic E-state index is 13.0. The molecule has 0 radical (unpaired) electrons. The van der Waals surface area contributed by atoms with E-state index in [9.17, 15) is 22.4 Å². The van der Waals surface area contributed by atoms with Crippen molar-refractivity contribution < 1.29 is 22.4 Å². The molecule has 0 saturated carbocycles. The molecule has 2 unspecified atom stereocenters. The summed E-state index contributed by atoms with van der Waals surface area (Å²) in [6.45, 7) is -0.209. The minimum absolute atomic E-state index is 0.190. The number of halogens is 4. The van der Waals surface area contributed by atoms with Gasteiger partial charge in [0, 0.05) is 18.8 Å². The van der Waals surface area contributed by atoms with Crippen molar-refractivity contribution in [2.24, 2.45) is 5.73 Å². The predicted molar refractivity (Wildman–Crippen MR) is 62.3 cm³/mol. The Balaban J connectivity index is 2.29. The Morgan fingerprint density at radius 3 is 2.65 bits per heavy atom. The van der Waals surface area contributed by atoms with Gasteiger partial charge in [0.25, 0.3) is 5.91 Å². The molecule has 2 rings (SSSR count). The van der Waals surface area contributed by atoms with E-state index in [0.717, 1.165) is 18.5 Å². The fourth-order valence-corrected chi connectivity index (χ4v) is 2.26. The second kappa shape index (κ2) is 5.35. The summed E-state index contributed by atoms with van der Waals surface area (Å²) in [6, 6.07) is -1.54. The first-order valence-corrected chi connectivity index (χ1v) is 6.03. The number of carbonyl (C=O) groups excluding carboxylic acids is 1.